The number of hydrogen-bond donors (Lipinski definition) is 1. The smallest absolute Gasteiger partial charge is 0.340 e. The van der Waals surface area contributed by atoms with E-state index >= 15 is 0 Å². The fourth-order valence-electron chi connectivity index (χ4n) is 2.57. The number of tetrazole rings is 1. The minimum atomic E-state index is -0.00837. The first-order chi connectivity index (χ1) is 9.84. The Morgan fingerprint density at radius 3 is 2.75 bits per heavy atom. The second kappa shape index (κ2) is 6.00. The molecule has 0 aliphatic heterocycles. The summed E-state index contributed by atoms with van der Waals surface area (Å²) in [5.74, 6) is 0. The van der Waals surface area contributed by atoms with Gasteiger partial charge in [-0.25, -0.2) is 0 Å². The molecule has 0 amide bonds. The van der Waals surface area contributed by atoms with E-state index in [0.29, 0.717) is 6.01 Å². The molecule has 1 aromatic carbocycles. The molecule has 20 heavy (non-hydrogen) atoms. The molecule has 0 spiro atoms. The third-order valence-electron chi connectivity index (χ3n) is 3.70. The van der Waals surface area contributed by atoms with E-state index in [0.717, 1.165) is 24.9 Å². The highest BCUT2D eigenvalue weighted by molar-refractivity contribution is 5.31. The third kappa shape index (κ3) is 2.80. The molecule has 1 fully saturated rings. The molecular formula is C14H19N5O. The molecule has 0 saturated heterocycles. The summed E-state index contributed by atoms with van der Waals surface area (Å²) in [5, 5.41) is 11.7. The van der Waals surface area contributed by atoms with Crippen LogP contribution in [0, 0.1) is 0 Å². The average molecular weight is 273 g/mol. The Bertz CT molecular complexity index is 542. The molecule has 3 rings (SSSR count). The number of aromatic nitrogens is 4. The van der Waals surface area contributed by atoms with Crippen molar-refractivity contribution in [3.63, 3.8) is 0 Å². The zero-order valence-electron chi connectivity index (χ0n) is 11.4. The van der Waals surface area contributed by atoms with E-state index in [1.54, 1.807) is 4.68 Å². The molecule has 1 heterocycles. The molecule has 0 radical (unpaired) electrons. The lowest BCUT2D eigenvalue weighted by Crippen LogP contribution is -2.38. The Hall–Kier alpha value is -1.95. The summed E-state index contributed by atoms with van der Waals surface area (Å²) < 4.78 is 7.58. The van der Waals surface area contributed by atoms with E-state index in [-0.39, 0.29) is 12.1 Å². The number of nitrogens with zero attached hydrogens (tertiary/aromatic N) is 4. The van der Waals surface area contributed by atoms with Crippen molar-refractivity contribution in [3.8, 4) is 11.7 Å². The molecule has 1 aliphatic rings. The van der Waals surface area contributed by atoms with Gasteiger partial charge in [0.15, 0.2) is 0 Å². The van der Waals surface area contributed by atoms with Crippen molar-refractivity contribution < 1.29 is 4.74 Å². The van der Waals surface area contributed by atoms with Gasteiger partial charge in [0.05, 0.1) is 5.69 Å². The van der Waals surface area contributed by atoms with Crippen LogP contribution in [0.4, 0.5) is 0 Å². The van der Waals surface area contributed by atoms with Crippen LogP contribution in [0.1, 0.15) is 32.1 Å². The van der Waals surface area contributed by atoms with Crippen LogP contribution in [-0.2, 0) is 0 Å². The van der Waals surface area contributed by atoms with Crippen molar-refractivity contribution in [2.45, 2.75) is 44.2 Å². The molecule has 1 aliphatic carbocycles. The molecule has 2 unspecified atom stereocenters. The van der Waals surface area contributed by atoms with Gasteiger partial charge in [-0.15, -0.1) is 0 Å². The van der Waals surface area contributed by atoms with Crippen molar-refractivity contribution in [2.75, 3.05) is 0 Å². The predicted octanol–water partition coefficient (Wildman–Crippen LogP) is 1.70. The van der Waals surface area contributed by atoms with E-state index in [1.165, 1.54) is 12.8 Å². The topological polar surface area (TPSA) is 78.8 Å². The summed E-state index contributed by atoms with van der Waals surface area (Å²) in [6, 6.07) is 10.2. The maximum Gasteiger partial charge on any atom is 0.340 e. The molecular weight excluding hydrogens is 254 g/mol. The van der Waals surface area contributed by atoms with Gasteiger partial charge in [-0.2, -0.15) is 4.68 Å². The van der Waals surface area contributed by atoms with Gasteiger partial charge < -0.3 is 10.5 Å². The van der Waals surface area contributed by atoms with E-state index in [9.17, 15) is 0 Å². The fourth-order valence-corrected chi connectivity index (χ4v) is 2.57. The van der Waals surface area contributed by atoms with Crippen LogP contribution in [0.3, 0.4) is 0 Å². The molecule has 1 saturated carbocycles. The number of rotatable bonds is 3. The van der Waals surface area contributed by atoms with Crippen LogP contribution >= 0.6 is 0 Å². The van der Waals surface area contributed by atoms with Crippen LogP contribution in [-0.4, -0.2) is 32.4 Å². The highest BCUT2D eigenvalue weighted by Gasteiger charge is 2.24. The van der Waals surface area contributed by atoms with Gasteiger partial charge in [0, 0.05) is 6.04 Å². The minimum Gasteiger partial charge on any atom is -0.457 e. The Labute approximate surface area is 117 Å². The largest absolute Gasteiger partial charge is 0.457 e. The fraction of sp³-hybridized carbons (Fsp3) is 0.500. The predicted molar refractivity (Wildman–Crippen MR) is 74.6 cm³/mol. The third-order valence-corrected chi connectivity index (χ3v) is 3.70. The van der Waals surface area contributed by atoms with Crippen LogP contribution < -0.4 is 10.5 Å². The standard InChI is InChI=1S/C14H19N5O/c15-12-9-5-2-6-10-13(12)20-14-16-17-18-19(14)11-7-3-1-4-8-11/h1,3-4,7-8,12-13H,2,5-6,9-10,15H2. The second-order valence-electron chi connectivity index (χ2n) is 5.17. The minimum absolute atomic E-state index is 0.00837. The van der Waals surface area contributed by atoms with Gasteiger partial charge in [0.2, 0.25) is 0 Å². The zero-order valence-corrected chi connectivity index (χ0v) is 11.4. The quantitative estimate of drug-likeness (QED) is 0.861. The van der Waals surface area contributed by atoms with Crippen molar-refractivity contribution in [3.05, 3.63) is 30.3 Å². The van der Waals surface area contributed by atoms with E-state index < -0.39 is 0 Å². The second-order valence-corrected chi connectivity index (χ2v) is 5.17. The van der Waals surface area contributed by atoms with Crippen LogP contribution in [0.15, 0.2) is 30.3 Å². The lowest BCUT2D eigenvalue weighted by Gasteiger charge is -2.21. The first-order valence-electron chi connectivity index (χ1n) is 7.10. The van der Waals surface area contributed by atoms with Gasteiger partial charge in [0.25, 0.3) is 0 Å². The first-order valence-corrected chi connectivity index (χ1v) is 7.10. The Kier molecular flexibility index (Phi) is 3.92. The Balaban J connectivity index is 1.80. The number of ether oxygens (including phenoxy) is 1. The summed E-state index contributed by atoms with van der Waals surface area (Å²) in [7, 11) is 0. The molecule has 2 N–H and O–H groups in total. The zero-order chi connectivity index (χ0) is 13.8. The number of benzene rings is 1. The summed E-state index contributed by atoms with van der Waals surface area (Å²) in [5.41, 5.74) is 7.07. The normalized spacial score (nSPS) is 23.2. The maximum atomic E-state index is 6.18. The van der Waals surface area contributed by atoms with E-state index in [2.05, 4.69) is 15.5 Å². The Morgan fingerprint density at radius 2 is 1.90 bits per heavy atom. The number of hydrogen-bond acceptors (Lipinski definition) is 5. The lowest BCUT2D eigenvalue weighted by atomic mass is 10.1. The highest BCUT2D eigenvalue weighted by atomic mass is 16.5. The molecule has 6 heteroatoms. The lowest BCUT2D eigenvalue weighted by molar-refractivity contribution is 0.145. The molecule has 0 bridgehead atoms. The van der Waals surface area contributed by atoms with Crippen molar-refractivity contribution in [1.82, 2.24) is 20.2 Å². The molecule has 6 nitrogen and oxygen atoms in total. The SMILES string of the molecule is NC1CCCCCC1Oc1nnnn1-c1ccccc1. The number of nitrogens with two attached hydrogens (primary N) is 1. The van der Waals surface area contributed by atoms with Gasteiger partial charge in [0.1, 0.15) is 6.10 Å². The summed E-state index contributed by atoms with van der Waals surface area (Å²) in [6.07, 6.45) is 5.49. The molecule has 106 valence electrons. The summed E-state index contributed by atoms with van der Waals surface area (Å²) in [4.78, 5) is 0. The monoisotopic (exact) mass is 273 g/mol. The Morgan fingerprint density at radius 1 is 1.10 bits per heavy atom. The molecule has 1 aromatic heterocycles. The van der Waals surface area contributed by atoms with Gasteiger partial charge in [-0.3, -0.25) is 0 Å². The first kappa shape index (κ1) is 13.1. The van der Waals surface area contributed by atoms with E-state index in [4.69, 9.17) is 10.5 Å². The summed E-state index contributed by atoms with van der Waals surface area (Å²) in [6.45, 7) is 0. The van der Waals surface area contributed by atoms with Crippen LogP contribution in [0.25, 0.3) is 5.69 Å². The van der Waals surface area contributed by atoms with Gasteiger partial charge >= 0.3 is 6.01 Å². The highest BCUT2D eigenvalue weighted by Crippen LogP contribution is 2.22. The van der Waals surface area contributed by atoms with Crippen molar-refractivity contribution in [1.29, 1.82) is 0 Å². The van der Waals surface area contributed by atoms with Crippen molar-refractivity contribution >= 4 is 0 Å². The van der Waals surface area contributed by atoms with Gasteiger partial charge in [-0.05, 0) is 41.8 Å². The summed E-state index contributed by atoms with van der Waals surface area (Å²) >= 11 is 0. The molecule has 2 atom stereocenters. The average Bonchev–Trinajstić information content (AvgIpc) is 2.85. The van der Waals surface area contributed by atoms with Crippen LogP contribution in [0.5, 0.6) is 6.01 Å². The number of para-hydroxylation sites is 1. The van der Waals surface area contributed by atoms with Crippen LogP contribution in [0.2, 0.25) is 0 Å². The van der Waals surface area contributed by atoms with Crippen molar-refractivity contribution in [2.24, 2.45) is 5.73 Å². The molecule has 2 aromatic rings. The van der Waals surface area contributed by atoms with Gasteiger partial charge in [-0.1, -0.05) is 36.1 Å². The maximum absolute atomic E-state index is 6.18. The van der Waals surface area contributed by atoms with E-state index in [1.807, 2.05) is 30.3 Å².